The van der Waals surface area contributed by atoms with Crippen LogP contribution in [0.4, 0.5) is 5.69 Å². The number of anilines is 1. The Kier molecular flexibility index (Phi) is 4.21. The van der Waals surface area contributed by atoms with Gasteiger partial charge in [0.1, 0.15) is 0 Å². The first-order valence-electron chi connectivity index (χ1n) is 7.36. The summed E-state index contributed by atoms with van der Waals surface area (Å²) < 4.78 is 1.05. The summed E-state index contributed by atoms with van der Waals surface area (Å²) in [5, 5.41) is 7.77. The number of hydrogen-bond donors (Lipinski definition) is 1. The minimum Gasteiger partial charge on any atom is -0.389 e. The molecular weight excluding hydrogens is 340 g/mol. The van der Waals surface area contributed by atoms with Crippen molar-refractivity contribution in [2.45, 2.75) is 20.0 Å². The topological polar surface area (TPSA) is 33.6 Å². The van der Waals surface area contributed by atoms with E-state index in [1.807, 2.05) is 30.3 Å². The number of nitrogens with zero attached hydrogens (tertiary/aromatic N) is 1. The van der Waals surface area contributed by atoms with Gasteiger partial charge in [-0.15, -0.1) is 0 Å². The second-order valence-corrected chi connectivity index (χ2v) is 6.93. The highest BCUT2D eigenvalue weighted by molar-refractivity contribution is 9.10. The molecule has 0 aromatic heterocycles. The van der Waals surface area contributed by atoms with Gasteiger partial charge in [-0.3, -0.25) is 0 Å². The van der Waals surface area contributed by atoms with Gasteiger partial charge in [-0.1, -0.05) is 65.3 Å². The third-order valence-corrected chi connectivity index (χ3v) is 4.54. The van der Waals surface area contributed by atoms with E-state index in [9.17, 15) is 0 Å². The normalized spacial score (nSPS) is 19.4. The molecule has 1 unspecified atom stereocenters. The average molecular weight is 359 g/mol. The molecule has 1 N–H and O–H groups in total. The average Bonchev–Trinajstić information content (AvgIpc) is 2.81. The van der Waals surface area contributed by atoms with Crippen LogP contribution in [0.3, 0.4) is 0 Å². The molecule has 3 nitrogen and oxygen atoms in total. The van der Waals surface area contributed by atoms with Gasteiger partial charge < -0.3 is 10.2 Å². The van der Waals surface area contributed by atoms with Crippen LogP contribution in [0, 0.1) is 5.41 Å². The Morgan fingerprint density at radius 2 is 1.91 bits per heavy atom. The predicted octanol–water partition coefficient (Wildman–Crippen LogP) is 4.69. The molecule has 0 amide bonds. The van der Waals surface area contributed by atoms with E-state index in [1.54, 1.807) is 0 Å². The van der Waals surface area contributed by atoms with E-state index in [4.69, 9.17) is 4.84 Å². The fourth-order valence-electron chi connectivity index (χ4n) is 2.64. The Balaban J connectivity index is 1.72. The molecule has 2 aromatic rings. The number of hydrogen-bond acceptors (Lipinski definition) is 3. The molecule has 1 aliphatic rings. The predicted molar refractivity (Wildman–Crippen MR) is 94.3 cm³/mol. The fraction of sp³-hybridized carbons (Fsp3) is 0.278. The van der Waals surface area contributed by atoms with E-state index in [1.165, 1.54) is 0 Å². The summed E-state index contributed by atoms with van der Waals surface area (Å²) in [5.74, 6) is 0. The lowest BCUT2D eigenvalue weighted by Gasteiger charge is -2.26. The first-order chi connectivity index (χ1) is 10.6. The van der Waals surface area contributed by atoms with E-state index in [2.05, 4.69) is 64.5 Å². The van der Waals surface area contributed by atoms with Gasteiger partial charge in [-0.05, 0) is 24.3 Å². The maximum atomic E-state index is 5.71. The van der Waals surface area contributed by atoms with Crippen molar-refractivity contribution >= 4 is 27.3 Å². The standard InChI is InChI=1S/C18H19BrN2O/c1-18(2)16(12-20-15-9-4-3-5-10-15)22-21-17(18)13-7-6-8-14(19)11-13/h3-11,16,20H,12H2,1-2H3. The van der Waals surface area contributed by atoms with Crippen molar-refractivity contribution in [1.82, 2.24) is 0 Å². The summed E-state index contributed by atoms with van der Waals surface area (Å²) >= 11 is 3.52. The monoisotopic (exact) mass is 358 g/mol. The van der Waals surface area contributed by atoms with Gasteiger partial charge in [0.25, 0.3) is 0 Å². The zero-order valence-corrected chi connectivity index (χ0v) is 14.3. The molecule has 0 saturated carbocycles. The van der Waals surface area contributed by atoms with Gasteiger partial charge >= 0.3 is 0 Å². The van der Waals surface area contributed by atoms with Crippen molar-refractivity contribution in [2.24, 2.45) is 10.6 Å². The zero-order valence-electron chi connectivity index (χ0n) is 12.7. The molecule has 1 atom stereocenters. The molecule has 1 aliphatic heterocycles. The Labute approximate surface area is 139 Å². The maximum Gasteiger partial charge on any atom is 0.155 e. The van der Waals surface area contributed by atoms with E-state index < -0.39 is 0 Å². The van der Waals surface area contributed by atoms with Crippen molar-refractivity contribution in [3.8, 4) is 0 Å². The number of halogens is 1. The molecule has 4 heteroatoms. The molecule has 0 radical (unpaired) electrons. The van der Waals surface area contributed by atoms with E-state index >= 15 is 0 Å². The van der Waals surface area contributed by atoms with Gasteiger partial charge in [0.05, 0.1) is 17.7 Å². The molecule has 3 rings (SSSR count). The van der Waals surface area contributed by atoms with Gasteiger partial charge in [0, 0.05) is 15.7 Å². The molecule has 22 heavy (non-hydrogen) atoms. The SMILES string of the molecule is CC1(C)C(c2cccc(Br)c2)=NOC1CNc1ccccc1. The zero-order chi connectivity index (χ0) is 15.6. The highest BCUT2D eigenvalue weighted by atomic mass is 79.9. The number of para-hydroxylation sites is 1. The molecule has 1 heterocycles. The van der Waals surface area contributed by atoms with Crippen LogP contribution in [-0.4, -0.2) is 18.4 Å². The molecule has 0 spiro atoms. The molecule has 0 fully saturated rings. The highest BCUT2D eigenvalue weighted by Crippen LogP contribution is 2.35. The summed E-state index contributed by atoms with van der Waals surface area (Å²) in [6.07, 6.45) is 0.00156. The van der Waals surface area contributed by atoms with Crippen LogP contribution in [0.15, 0.2) is 64.2 Å². The van der Waals surface area contributed by atoms with Gasteiger partial charge in [0.2, 0.25) is 0 Å². The maximum absolute atomic E-state index is 5.71. The summed E-state index contributed by atoms with van der Waals surface area (Å²) in [7, 11) is 0. The lowest BCUT2D eigenvalue weighted by Crippen LogP contribution is -2.38. The van der Waals surface area contributed by atoms with Gasteiger partial charge in [-0.2, -0.15) is 0 Å². The third-order valence-electron chi connectivity index (χ3n) is 4.05. The van der Waals surface area contributed by atoms with Gasteiger partial charge in [-0.25, -0.2) is 0 Å². The molecule has 2 aromatic carbocycles. The Hall–Kier alpha value is -1.81. The smallest absolute Gasteiger partial charge is 0.155 e. The molecule has 0 bridgehead atoms. The summed E-state index contributed by atoms with van der Waals surface area (Å²) in [5.41, 5.74) is 3.04. The van der Waals surface area contributed by atoms with Crippen molar-refractivity contribution < 1.29 is 4.84 Å². The Morgan fingerprint density at radius 3 is 2.64 bits per heavy atom. The molecular formula is C18H19BrN2O. The first-order valence-corrected chi connectivity index (χ1v) is 8.16. The van der Waals surface area contributed by atoms with Crippen molar-refractivity contribution in [2.75, 3.05) is 11.9 Å². The first kappa shape index (κ1) is 15.1. The van der Waals surface area contributed by atoms with Crippen LogP contribution in [0.2, 0.25) is 0 Å². The number of nitrogens with one attached hydrogen (secondary N) is 1. The minimum absolute atomic E-state index is 0.00156. The lowest BCUT2D eigenvalue weighted by molar-refractivity contribution is 0.0465. The summed E-state index contributed by atoms with van der Waals surface area (Å²) in [4.78, 5) is 5.71. The lowest BCUT2D eigenvalue weighted by atomic mass is 9.79. The third kappa shape index (κ3) is 3.02. The van der Waals surface area contributed by atoms with Crippen LogP contribution in [0.25, 0.3) is 0 Å². The van der Waals surface area contributed by atoms with Crippen LogP contribution in [0.5, 0.6) is 0 Å². The van der Waals surface area contributed by atoms with Crippen LogP contribution in [-0.2, 0) is 4.84 Å². The summed E-state index contributed by atoms with van der Waals surface area (Å²) in [6, 6.07) is 18.3. The van der Waals surface area contributed by atoms with Crippen LogP contribution < -0.4 is 5.32 Å². The van der Waals surface area contributed by atoms with E-state index in [-0.39, 0.29) is 11.5 Å². The van der Waals surface area contributed by atoms with E-state index in [0.717, 1.165) is 28.0 Å². The van der Waals surface area contributed by atoms with E-state index in [0.29, 0.717) is 0 Å². The largest absolute Gasteiger partial charge is 0.389 e. The fourth-order valence-corrected chi connectivity index (χ4v) is 3.04. The van der Waals surface area contributed by atoms with Crippen LogP contribution in [0.1, 0.15) is 19.4 Å². The summed E-state index contributed by atoms with van der Waals surface area (Å²) in [6.45, 7) is 5.08. The van der Waals surface area contributed by atoms with Gasteiger partial charge in [0.15, 0.2) is 6.10 Å². The number of rotatable bonds is 4. The molecule has 114 valence electrons. The Bertz CT molecular complexity index is 682. The van der Waals surface area contributed by atoms with Crippen LogP contribution >= 0.6 is 15.9 Å². The Morgan fingerprint density at radius 1 is 1.14 bits per heavy atom. The minimum atomic E-state index is -0.150. The van der Waals surface area contributed by atoms with Crippen molar-refractivity contribution in [3.63, 3.8) is 0 Å². The number of benzene rings is 2. The quantitative estimate of drug-likeness (QED) is 0.859. The number of oxime groups is 1. The second-order valence-electron chi connectivity index (χ2n) is 6.01. The molecule has 0 aliphatic carbocycles. The highest BCUT2D eigenvalue weighted by Gasteiger charge is 2.42. The second kappa shape index (κ2) is 6.13. The van der Waals surface area contributed by atoms with Crippen molar-refractivity contribution in [3.05, 3.63) is 64.6 Å². The van der Waals surface area contributed by atoms with Crippen molar-refractivity contribution in [1.29, 1.82) is 0 Å². The molecule has 0 saturated heterocycles.